The van der Waals surface area contributed by atoms with Crippen molar-refractivity contribution >= 4 is 28.1 Å². The first kappa shape index (κ1) is 14.3. The highest BCUT2D eigenvalue weighted by Crippen LogP contribution is 2.21. The molecule has 0 saturated heterocycles. The van der Waals surface area contributed by atoms with Gasteiger partial charge in [-0.25, -0.2) is 5.43 Å². The average Bonchev–Trinajstić information content (AvgIpc) is 2.86. The number of methoxy groups -OCH3 is 1. The van der Waals surface area contributed by atoms with Crippen LogP contribution in [0.5, 0.6) is 5.75 Å². The molecule has 0 saturated carbocycles. The van der Waals surface area contributed by atoms with Crippen LogP contribution in [0, 0.1) is 0 Å². The SMILES string of the molecule is COc1ccc(Br)cc1/C=N/NC(=O)c1ccn(C)n1. The van der Waals surface area contributed by atoms with Gasteiger partial charge in [-0.15, -0.1) is 0 Å². The molecule has 1 amide bonds. The number of benzene rings is 1. The number of carbonyl (C=O) groups is 1. The normalized spacial score (nSPS) is 10.8. The molecule has 0 bridgehead atoms. The van der Waals surface area contributed by atoms with Gasteiger partial charge in [-0.3, -0.25) is 9.48 Å². The Hall–Kier alpha value is -2.15. The van der Waals surface area contributed by atoms with Gasteiger partial charge in [0.1, 0.15) is 5.75 Å². The molecule has 0 fully saturated rings. The zero-order valence-electron chi connectivity index (χ0n) is 11.0. The molecule has 0 radical (unpaired) electrons. The fraction of sp³-hybridized carbons (Fsp3) is 0.154. The molecule has 20 heavy (non-hydrogen) atoms. The molecule has 1 N–H and O–H groups in total. The number of hydrogen-bond donors (Lipinski definition) is 1. The van der Waals surface area contributed by atoms with Crippen molar-refractivity contribution in [2.24, 2.45) is 12.1 Å². The number of nitrogens with zero attached hydrogens (tertiary/aromatic N) is 3. The summed E-state index contributed by atoms with van der Waals surface area (Å²) >= 11 is 3.37. The van der Waals surface area contributed by atoms with E-state index in [2.05, 4.69) is 31.6 Å². The van der Waals surface area contributed by atoms with E-state index in [0.717, 1.165) is 10.0 Å². The van der Waals surface area contributed by atoms with Crippen LogP contribution in [0.3, 0.4) is 0 Å². The number of rotatable bonds is 4. The highest BCUT2D eigenvalue weighted by molar-refractivity contribution is 9.10. The third-order valence-electron chi connectivity index (χ3n) is 2.51. The van der Waals surface area contributed by atoms with Gasteiger partial charge in [0.15, 0.2) is 5.69 Å². The summed E-state index contributed by atoms with van der Waals surface area (Å²) in [7, 11) is 3.32. The topological polar surface area (TPSA) is 68.5 Å². The van der Waals surface area contributed by atoms with Gasteiger partial charge < -0.3 is 4.74 Å². The number of ether oxygens (including phenoxy) is 1. The number of halogens is 1. The fourth-order valence-electron chi connectivity index (χ4n) is 1.56. The van der Waals surface area contributed by atoms with Crippen molar-refractivity contribution in [2.75, 3.05) is 7.11 Å². The molecular weight excluding hydrogens is 324 g/mol. The van der Waals surface area contributed by atoms with Gasteiger partial charge in [-0.1, -0.05) is 15.9 Å². The molecule has 0 aliphatic rings. The summed E-state index contributed by atoms with van der Waals surface area (Å²) in [5.41, 5.74) is 3.48. The Labute approximate surface area is 124 Å². The van der Waals surface area contributed by atoms with Crippen LogP contribution in [0.2, 0.25) is 0 Å². The standard InChI is InChI=1S/C13H13BrN4O2/c1-18-6-5-11(17-18)13(19)16-15-8-9-7-10(14)3-4-12(9)20-2/h3-8H,1-2H3,(H,16,19)/b15-8+. The van der Waals surface area contributed by atoms with Gasteiger partial charge in [0.05, 0.1) is 13.3 Å². The summed E-state index contributed by atoms with van der Waals surface area (Å²) in [5.74, 6) is 0.305. The molecule has 0 atom stereocenters. The van der Waals surface area contributed by atoms with Gasteiger partial charge in [-0.05, 0) is 24.3 Å². The summed E-state index contributed by atoms with van der Waals surface area (Å²) in [4.78, 5) is 11.7. The highest BCUT2D eigenvalue weighted by atomic mass is 79.9. The third kappa shape index (κ3) is 3.45. The second-order valence-electron chi connectivity index (χ2n) is 3.96. The first-order valence-electron chi connectivity index (χ1n) is 5.77. The van der Waals surface area contributed by atoms with E-state index >= 15 is 0 Å². The van der Waals surface area contributed by atoms with Crippen molar-refractivity contribution in [3.8, 4) is 5.75 Å². The van der Waals surface area contributed by atoms with Crippen molar-refractivity contribution in [3.63, 3.8) is 0 Å². The molecule has 1 aromatic heterocycles. The minimum Gasteiger partial charge on any atom is -0.496 e. The minimum atomic E-state index is -0.365. The van der Waals surface area contributed by atoms with Gasteiger partial charge in [0.25, 0.3) is 5.91 Å². The number of nitrogens with one attached hydrogen (secondary N) is 1. The number of amides is 1. The number of carbonyl (C=O) groups excluding carboxylic acids is 1. The third-order valence-corrected chi connectivity index (χ3v) is 3.00. The number of aromatic nitrogens is 2. The summed E-state index contributed by atoms with van der Waals surface area (Å²) in [6.45, 7) is 0. The predicted molar refractivity (Wildman–Crippen MR) is 79.0 cm³/mol. The molecular formula is C13H13BrN4O2. The van der Waals surface area contributed by atoms with Crippen molar-refractivity contribution in [1.82, 2.24) is 15.2 Å². The quantitative estimate of drug-likeness (QED) is 0.685. The van der Waals surface area contributed by atoms with Gasteiger partial charge in [0, 0.05) is 23.3 Å². The van der Waals surface area contributed by atoms with Crippen molar-refractivity contribution in [1.29, 1.82) is 0 Å². The molecule has 2 aromatic rings. The fourth-order valence-corrected chi connectivity index (χ4v) is 1.94. The van der Waals surface area contributed by atoms with Crippen LogP contribution in [0.25, 0.3) is 0 Å². The van der Waals surface area contributed by atoms with Crippen molar-refractivity contribution in [2.45, 2.75) is 0 Å². The second kappa shape index (κ2) is 6.33. The van der Waals surface area contributed by atoms with Crippen LogP contribution in [-0.4, -0.2) is 29.0 Å². The number of aryl methyl sites for hydroxylation is 1. The van der Waals surface area contributed by atoms with E-state index < -0.39 is 0 Å². The van der Waals surface area contributed by atoms with Gasteiger partial charge >= 0.3 is 0 Å². The van der Waals surface area contributed by atoms with Crippen LogP contribution >= 0.6 is 15.9 Å². The Kier molecular flexibility index (Phi) is 4.52. The zero-order valence-corrected chi connectivity index (χ0v) is 12.6. The van der Waals surface area contributed by atoms with E-state index in [9.17, 15) is 4.79 Å². The van der Waals surface area contributed by atoms with Crippen LogP contribution in [0.1, 0.15) is 16.1 Å². The second-order valence-corrected chi connectivity index (χ2v) is 4.88. The molecule has 0 unspecified atom stereocenters. The summed E-state index contributed by atoms with van der Waals surface area (Å²) < 4.78 is 7.66. The zero-order chi connectivity index (χ0) is 14.5. The molecule has 0 aliphatic heterocycles. The lowest BCUT2D eigenvalue weighted by molar-refractivity contribution is 0.0949. The lowest BCUT2D eigenvalue weighted by atomic mass is 10.2. The monoisotopic (exact) mass is 336 g/mol. The summed E-state index contributed by atoms with van der Waals surface area (Å²) in [6.07, 6.45) is 3.21. The predicted octanol–water partition coefficient (Wildman–Crippen LogP) is 1.96. The van der Waals surface area contributed by atoms with Crippen LogP contribution in [0.15, 0.2) is 40.0 Å². The number of hydrazone groups is 1. The molecule has 0 aliphatic carbocycles. The molecule has 6 nitrogen and oxygen atoms in total. The first-order valence-corrected chi connectivity index (χ1v) is 6.56. The Morgan fingerprint density at radius 3 is 2.95 bits per heavy atom. The average molecular weight is 337 g/mol. The summed E-state index contributed by atoms with van der Waals surface area (Å²) in [5, 5.41) is 7.88. The van der Waals surface area contributed by atoms with Crippen LogP contribution in [0.4, 0.5) is 0 Å². The molecule has 2 rings (SSSR count). The summed E-state index contributed by atoms with van der Waals surface area (Å²) in [6, 6.07) is 7.13. The maximum Gasteiger partial charge on any atom is 0.291 e. The molecule has 0 spiro atoms. The van der Waals surface area contributed by atoms with E-state index in [4.69, 9.17) is 4.74 Å². The van der Waals surface area contributed by atoms with E-state index in [1.807, 2.05) is 18.2 Å². The maximum atomic E-state index is 11.7. The smallest absolute Gasteiger partial charge is 0.291 e. The molecule has 7 heteroatoms. The highest BCUT2D eigenvalue weighted by Gasteiger charge is 2.07. The largest absolute Gasteiger partial charge is 0.496 e. The Morgan fingerprint density at radius 2 is 2.30 bits per heavy atom. The van der Waals surface area contributed by atoms with Crippen molar-refractivity contribution < 1.29 is 9.53 Å². The first-order chi connectivity index (χ1) is 9.60. The van der Waals surface area contributed by atoms with E-state index in [1.54, 1.807) is 31.1 Å². The van der Waals surface area contributed by atoms with E-state index in [1.165, 1.54) is 6.21 Å². The lowest BCUT2D eigenvalue weighted by Gasteiger charge is -2.04. The molecule has 1 aromatic carbocycles. The Balaban J connectivity index is 2.07. The molecule has 104 valence electrons. The Morgan fingerprint density at radius 1 is 1.50 bits per heavy atom. The van der Waals surface area contributed by atoms with E-state index in [-0.39, 0.29) is 5.91 Å². The van der Waals surface area contributed by atoms with Gasteiger partial charge in [0.2, 0.25) is 0 Å². The minimum absolute atomic E-state index is 0.311. The van der Waals surface area contributed by atoms with E-state index in [0.29, 0.717) is 11.4 Å². The van der Waals surface area contributed by atoms with Crippen molar-refractivity contribution in [3.05, 3.63) is 46.2 Å². The molecule has 1 heterocycles. The lowest BCUT2D eigenvalue weighted by Crippen LogP contribution is -2.18. The number of hydrogen-bond acceptors (Lipinski definition) is 4. The Bertz CT molecular complexity index is 652. The maximum absolute atomic E-state index is 11.7. The van der Waals surface area contributed by atoms with Gasteiger partial charge in [-0.2, -0.15) is 10.2 Å². The van der Waals surface area contributed by atoms with Crippen LogP contribution in [-0.2, 0) is 7.05 Å². The van der Waals surface area contributed by atoms with Crippen LogP contribution < -0.4 is 10.2 Å².